The highest BCUT2D eigenvalue weighted by atomic mass is 19.1. The minimum atomic E-state index is -1.16. The predicted octanol–water partition coefficient (Wildman–Crippen LogP) is 2.84. The van der Waals surface area contributed by atoms with Crippen molar-refractivity contribution in [1.29, 1.82) is 0 Å². The van der Waals surface area contributed by atoms with Crippen LogP contribution in [0.25, 0.3) is 0 Å². The summed E-state index contributed by atoms with van der Waals surface area (Å²) < 4.78 is 26.3. The molecule has 0 aliphatic heterocycles. The lowest BCUT2D eigenvalue weighted by molar-refractivity contribution is 0.288. The molecule has 0 fully saturated rings. The van der Waals surface area contributed by atoms with Gasteiger partial charge in [0, 0.05) is 24.6 Å². The smallest absolute Gasteiger partial charge is 0.130 e. The Morgan fingerprint density at radius 3 is 2.07 bits per heavy atom. The van der Waals surface area contributed by atoms with Crippen LogP contribution < -0.4 is 5.32 Å². The van der Waals surface area contributed by atoms with Gasteiger partial charge in [-0.05, 0) is 26.7 Å². The van der Waals surface area contributed by atoms with E-state index in [0.29, 0.717) is 11.1 Å². The van der Waals surface area contributed by atoms with Gasteiger partial charge in [0.05, 0.1) is 0 Å². The second-order valence-electron chi connectivity index (χ2n) is 3.68. The number of hydrogen-bond acceptors (Lipinski definition) is 1. The molecule has 0 amide bonds. The molecule has 1 nitrogen and oxygen atoms in total. The average Bonchev–Trinajstić information content (AvgIpc) is 2.16. The van der Waals surface area contributed by atoms with Gasteiger partial charge in [-0.3, -0.25) is 0 Å². The lowest BCUT2D eigenvalue weighted by Gasteiger charge is -2.16. The molecule has 1 N–H and O–H groups in total. The monoisotopic (exact) mass is 215 g/mol. The van der Waals surface area contributed by atoms with E-state index in [-0.39, 0.29) is 5.92 Å². The maximum Gasteiger partial charge on any atom is 0.130 e. The van der Waals surface area contributed by atoms with E-state index in [1.165, 1.54) is 13.8 Å². The fourth-order valence-electron chi connectivity index (χ4n) is 1.23. The second-order valence-corrected chi connectivity index (χ2v) is 3.68. The number of rotatable bonds is 3. The Labute approximate surface area is 90.9 Å². The summed E-state index contributed by atoms with van der Waals surface area (Å²) in [5.74, 6) is 2.38. The van der Waals surface area contributed by atoms with Crippen molar-refractivity contribution in [3.8, 4) is 12.0 Å². The van der Waals surface area contributed by atoms with E-state index in [1.807, 2.05) is 0 Å². The molecule has 0 bridgehead atoms. The number of nitrogens with one attached hydrogen (secondary N) is 1. The van der Waals surface area contributed by atoms with Gasteiger partial charge in [0.15, 0.2) is 0 Å². The standard InChI is InChI=1S/C12H19F2N/c1-8(10(3)13)9(2)12(11(4)14)6-7-15-5/h8,10-11,15H,1-5H3/b12-9-/t8-,10?,11?/m0/s1. The van der Waals surface area contributed by atoms with E-state index < -0.39 is 12.3 Å². The number of hydrogen-bond donors (Lipinski definition) is 1. The van der Waals surface area contributed by atoms with Crippen LogP contribution in [0.4, 0.5) is 8.78 Å². The van der Waals surface area contributed by atoms with Crippen LogP contribution in [-0.4, -0.2) is 19.4 Å². The Kier molecular flexibility index (Phi) is 6.00. The molecule has 0 aliphatic carbocycles. The van der Waals surface area contributed by atoms with Crippen LogP contribution in [-0.2, 0) is 0 Å². The molecule has 0 saturated carbocycles. The van der Waals surface area contributed by atoms with Gasteiger partial charge >= 0.3 is 0 Å². The zero-order chi connectivity index (χ0) is 12.0. The molecule has 0 heterocycles. The summed E-state index contributed by atoms with van der Waals surface area (Å²) in [5, 5.41) is 2.62. The molecule has 0 aliphatic rings. The van der Waals surface area contributed by atoms with E-state index in [9.17, 15) is 8.78 Å². The topological polar surface area (TPSA) is 12.0 Å². The SMILES string of the molecule is CNC#C/C(=C(\C)[C@H](C)C(C)F)C(C)F. The van der Waals surface area contributed by atoms with Gasteiger partial charge in [-0.1, -0.05) is 12.5 Å². The van der Waals surface area contributed by atoms with Gasteiger partial charge in [-0.25, -0.2) is 8.78 Å². The Bertz CT molecular complexity index is 282. The van der Waals surface area contributed by atoms with Gasteiger partial charge in [0.2, 0.25) is 0 Å². The summed E-state index contributed by atoms with van der Waals surface area (Å²) >= 11 is 0. The van der Waals surface area contributed by atoms with Crippen LogP contribution in [0.2, 0.25) is 0 Å². The van der Waals surface area contributed by atoms with Gasteiger partial charge in [-0.15, -0.1) is 0 Å². The lowest BCUT2D eigenvalue weighted by atomic mass is 9.92. The first kappa shape index (κ1) is 14.0. The first-order chi connectivity index (χ1) is 6.91. The van der Waals surface area contributed by atoms with Crippen LogP contribution in [0.5, 0.6) is 0 Å². The van der Waals surface area contributed by atoms with E-state index >= 15 is 0 Å². The summed E-state index contributed by atoms with van der Waals surface area (Å²) in [6, 6.07) is 2.58. The average molecular weight is 215 g/mol. The molecule has 0 radical (unpaired) electrons. The molecule has 3 heteroatoms. The lowest BCUT2D eigenvalue weighted by Crippen LogP contribution is -2.14. The van der Waals surface area contributed by atoms with E-state index in [1.54, 1.807) is 20.9 Å². The van der Waals surface area contributed by atoms with Crippen molar-refractivity contribution in [3.63, 3.8) is 0 Å². The first-order valence-corrected chi connectivity index (χ1v) is 5.08. The molecule has 86 valence electrons. The molecule has 2 unspecified atom stereocenters. The molecular formula is C12H19F2N. The van der Waals surface area contributed by atoms with Crippen molar-refractivity contribution in [3.05, 3.63) is 11.1 Å². The van der Waals surface area contributed by atoms with E-state index in [0.717, 1.165) is 0 Å². The van der Waals surface area contributed by atoms with Gasteiger partial charge in [0.1, 0.15) is 12.3 Å². The molecule has 0 aromatic carbocycles. The van der Waals surface area contributed by atoms with E-state index in [2.05, 4.69) is 17.3 Å². The summed E-state index contributed by atoms with van der Waals surface area (Å²) in [6.07, 6.45) is -2.15. The predicted molar refractivity (Wildman–Crippen MR) is 59.8 cm³/mol. The van der Waals surface area contributed by atoms with Crippen LogP contribution in [0.3, 0.4) is 0 Å². The van der Waals surface area contributed by atoms with Crippen LogP contribution >= 0.6 is 0 Å². The third-order valence-electron chi connectivity index (χ3n) is 2.52. The second kappa shape index (κ2) is 6.44. The van der Waals surface area contributed by atoms with Gasteiger partial charge in [-0.2, -0.15) is 0 Å². The fourth-order valence-corrected chi connectivity index (χ4v) is 1.23. The maximum absolute atomic E-state index is 13.3. The first-order valence-electron chi connectivity index (χ1n) is 5.08. The Morgan fingerprint density at radius 1 is 1.20 bits per heavy atom. The van der Waals surface area contributed by atoms with Gasteiger partial charge < -0.3 is 5.32 Å². The molecule has 0 aromatic rings. The largest absolute Gasteiger partial charge is 0.349 e. The van der Waals surface area contributed by atoms with Crippen molar-refractivity contribution in [1.82, 2.24) is 5.32 Å². The highest BCUT2D eigenvalue weighted by molar-refractivity contribution is 5.36. The van der Waals surface area contributed by atoms with Crippen molar-refractivity contribution >= 4 is 0 Å². The van der Waals surface area contributed by atoms with Crippen LogP contribution in [0.15, 0.2) is 11.1 Å². The van der Waals surface area contributed by atoms with Crippen molar-refractivity contribution < 1.29 is 8.78 Å². The summed E-state index contributed by atoms with van der Waals surface area (Å²) in [5.41, 5.74) is 1.06. The van der Waals surface area contributed by atoms with Crippen molar-refractivity contribution in [2.24, 2.45) is 5.92 Å². The highest BCUT2D eigenvalue weighted by Gasteiger charge is 2.18. The molecule has 0 aromatic heterocycles. The van der Waals surface area contributed by atoms with Crippen LogP contribution in [0, 0.1) is 17.9 Å². The molecule has 0 spiro atoms. The molecule has 0 rings (SSSR count). The number of halogens is 2. The minimum absolute atomic E-state index is 0.302. The molecule has 15 heavy (non-hydrogen) atoms. The third-order valence-corrected chi connectivity index (χ3v) is 2.52. The zero-order valence-corrected chi connectivity index (χ0v) is 9.99. The van der Waals surface area contributed by atoms with E-state index in [4.69, 9.17) is 0 Å². The number of alkyl halides is 2. The quantitative estimate of drug-likeness (QED) is 0.564. The maximum atomic E-state index is 13.3. The Hall–Kier alpha value is -1.04. The highest BCUT2D eigenvalue weighted by Crippen LogP contribution is 2.22. The minimum Gasteiger partial charge on any atom is -0.349 e. The fraction of sp³-hybridized carbons (Fsp3) is 0.667. The third kappa shape index (κ3) is 4.33. The molecular weight excluding hydrogens is 196 g/mol. The summed E-state index contributed by atoms with van der Waals surface area (Å²) in [6.45, 7) is 6.36. The normalized spacial score (nSPS) is 18.1. The Balaban J connectivity index is 5.08. The van der Waals surface area contributed by atoms with Crippen molar-refractivity contribution in [2.75, 3.05) is 7.05 Å². The zero-order valence-electron chi connectivity index (χ0n) is 9.99. The van der Waals surface area contributed by atoms with Gasteiger partial charge in [0.25, 0.3) is 0 Å². The molecule has 3 atom stereocenters. The number of allylic oxidation sites excluding steroid dienone is 2. The summed E-state index contributed by atoms with van der Waals surface area (Å²) in [4.78, 5) is 0. The van der Waals surface area contributed by atoms with Crippen LogP contribution in [0.1, 0.15) is 27.7 Å². The Morgan fingerprint density at radius 2 is 1.73 bits per heavy atom. The molecule has 0 saturated heterocycles. The summed E-state index contributed by atoms with van der Waals surface area (Å²) in [7, 11) is 1.66. The van der Waals surface area contributed by atoms with Crippen molar-refractivity contribution in [2.45, 2.75) is 40.0 Å².